The lowest BCUT2D eigenvalue weighted by Crippen LogP contribution is -2.33. The first kappa shape index (κ1) is 20.6. The Morgan fingerprint density at radius 3 is 2.48 bits per heavy atom. The first-order chi connectivity index (χ1) is 13.7. The van der Waals surface area contributed by atoms with Crippen molar-refractivity contribution in [3.05, 3.63) is 69.6 Å². The third kappa shape index (κ3) is 4.83. The maximum atomic E-state index is 13.6. The molecule has 8 heteroatoms. The van der Waals surface area contributed by atoms with Crippen LogP contribution in [-0.2, 0) is 4.79 Å². The van der Waals surface area contributed by atoms with E-state index >= 15 is 0 Å². The van der Waals surface area contributed by atoms with Crippen molar-refractivity contribution in [1.82, 2.24) is 10.3 Å². The van der Waals surface area contributed by atoms with E-state index in [2.05, 4.69) is 27.8 Å². The molecule has 150 valence electrons. The molecule has 3 aromatic rings. The standard InChI is InChI=1S/C21H19F2N3O2S/c1-11-6-13(3)16(7-12(11)2)18-10-29-21(25-18)26-19(27)9-24-20(28)15-5-4-14(22)8-17(15)23/h4-8,10H,9H2,1-3H3,(H,24,28)(H,25,26,27). The number of carbonyl (C=O) groups is 2. The van der Waals surface area contributed by atoms with Crippen molar-refractivity contribution in [1.29, 1.82) is 0 Å². The van der Waals surface area contributed by atoms with E-state index in [1.54, 1.807) is 0 Å². The second-order valence-corrected chi connectivity index (χ2v) is 7.50. The molecule has 1 aromatic heterocycles. The number of thiazole rings is 1. The van der Waals surface area contributed by atoms with Crippen molar-refractivity contribution < 1.29 is 18.4 Å². The molecule has 0 bridgehead atoms. The summed E-state index contributed by atoms with van der Waals surface area (Å²) in [5.41, 5.74) is 4.85. The maximum absolute atomic E-state index is 13.6. The van der Waals surface area contributed by atoms with Crippen molar-refractivity contribution in [2.45, 2.75) is 20.8 Å². The highest BCUT2D eigenvalue weighted by molar-refractivity contribution is 7.14. The Labute approximate surface area is 170 Å². The summed E-state index contributed by atoms with van der Waals surface area (Å²) < 4.78 is 26.5. The summed E-state index contributed by atoms with van der Waals surface area (Å²) in [4.78, 5) is 28.5. The molecule has 0 fully saturated rings. The van der Waals surface area contributed by atoms with Gasteiger partial charge in [0.1, 0.15) is 11.6 Å². The van der Waals surface area contributed by atoms with Crippen LogP contribution in [0, 0.1) is 32.4 Å². The van der Waals surface area contributed by atoms with Gasteiger partial charge in [-0.2, -0.15) is 0 Å². The molecule has 2 aromatic carbocycles. The van der Waals surface area contributed by atoms with Crippen LogP contribution < -0.4 is 10.6 Å². The molecular formula is C21H19F2N3O2S. The molecule has 2 amide bonds. The lowest BCUT2D eigenvalue weighted by Gasteiger charge is -2.08. The number of carbonyl (C=O) groups excluding carboxylic acids is 2. The molecule has 29 heavy (non-hydrogen) atoms. The van der Waals surface area contributed by atoms with E-state index in [-0.39, 0.29) is 12.1 Å². The third-order valence-corrected chi connectivity index (χ3v) is 5.21. The van der Waals surface area contributed by atoms with Crippen LogP contribution in [0.1, 0.15) is 27.0 Å². The third-order valence-electron chi connectivity index (χ3n) is 4.45. The SMILES string of the molecule is Cc1cc(C)c(-c2csc(NC(=O)CNC(=O)c3ccc(F)cc3F)n2)cc1C. The van der Waals surface area contributed by atoms with Crippen LogP contribution in [0.5, 0.6) is 0 Å². The monoisotopic (exact) mass is 415 g/mol. The summed E-state index contributed by atoms with van der Waals surface area (Å²) in [6.45, 7) is 5.71. The van der Waals surface area contributed by atoms with E-state index in [1.807, 2.05) is 26.2 Å². The van der Waals surface area contributed by atoms with Gasteiger partial charge in [0.05, 0.1) is 17.8 Å². The number of anilines is 1. The number of nitrogens with one attached hydrogen (secondary N) is 2. The van der Waals surface area contributed by atoms with Crippen molar-refractivity contribution in [3.63, 3.8) is 0 Å². The molecule has 0 saturated heterocycles. The Morgan fingerprint density at radius 1 is 1.03 bits per heavy atom. The van der Waals surface area contributed by atoms with Crippen molar-refractivity contribution in [2.75, 3.05) is 11.9 Å². The van der Waals surface area contributed by atoms with Crippen LogP contribution in [0.4, 0.5) is 13.9 Å². The smallest absolute Gasteiger partial charge is 0.254 e. The van der Waals surface area contributed by atoms with Gasteiger partial charge in [-0.3, -0.25) is 9.59 Å². The second-order valence-electron chi connectivity index (χ2n) is 6.64. The van der Waals surface area contributed by atoms with Crippen LogP contribution in [0.2, 0.25) is 0 Å². The number of aromatic nitrogens is 1. The van der Waals surface area contributed by atoms with Gasteiger partial charge >= 0.3 is 0 Å². The number of hydrogen-bond acceptors (Lipinski definition) is 4. The highest BCUT2D eigenvalue weighted by Crippen LogP contribution is 2.29. The fourth-order valence-corrected chi connectivity index (χ4v) is 3.51. The Kier molecular flexibility index (Phi) is 6.03. The quantitative estimate of drug-likeness (QED) is 0.650. The number of hydrogen-bond donors (Lipinski definition) is 2. The lowest BCUT2D eigenvalue weighted by atomic mass is 9.99. The minimum Gasteiger partial charge on any atom is -0.343 e. The average molecular weight is 415 g/mol. The van der Waals surface area contributed by atoms with Crippen LogP contribution >= 0.6 is 11.3 Å². The predicted molar refractivity (Wildman–Crippen MR) is 109 cm³/mol. The Balaban J connectivity index is 1.62. The van der Waals surface area contributed by atoms with Gasteiger partial charge in [-0.15, -0.1) is 11.3 Å². The normalized spacial score (nSPS) is 10.7. The van der Waals surface area contributed by atoms with Crippen LogP contribution in [-0.4, -0.2) is 23.3 Å². The molecule has 0 spiro atoms. The van der Waals surface area contributed by atoms with E-state index in [0.29, 0.717) is 11.2 Å². The number of benzene rings is 2. The van der Waals surface area contributed by atoms with Gasteiger partial charge in [0, 0.05) is 17.0 Å². The molecule has 0 atom stereocenters. The van der Waals surface area contributed by atoms with Crippen LogP contribution in [0.3, 0.4) is 0 Å². The fourth-order valence-electron chi connectivity index (χ4n) is 2.78. The summed E-state index contributed by atoms with van der Waals surface area (Å²) in [5, 5.41) is 7.15. The van der Waals surface area contributed by atoms with Crippen molar-refractivity contribution in [3.8, 4) is 11.3 Å². The number of halogens is 2. The largest absolute Gasteiger partial charge is 0.343 e. The van der Waals surface area contributed by atoms with Gasteiger partial charge < -0.3 is 10.6 Å². The second kappa shape index (κ2) is 8.48. The minimum absolute atomic E-state index is 0.332. The Morgan fingerprint density at radius 2 is 1.76 bits per heavy atom. The van der Waals surface area contributed by atoms with Gasteiger partial charge in [-0.25, -0.2) is 13.8 Å². The fraction of sp³-hybridized carbons (Fsp3) is 0.190. The zero-order valence-electron chi connectivity index (χ0n) is 16.1. The van der Waals surface area contributed by atoms with E-state index in [4.69, 9.17) is 0 Å². The van der Waals surface area contributed by atoms with Crippen LogP contribution in [0.25, 0.3) is 11.3 Å². The highest BCUT2D eigenvalue weighted by Gasteiger charge is 2.15. The molecule has 0 aliphatic heterocycles. The topological polar surface area (TPSA) is 71.1 Å². The van der Waals surface area contributed by atoms with Crippen molar-refractivity contribution >= 4 is 28.3 Å². The number of rotatable bonds is 5. The highest BCUT2D eigenvalue weighted by atomic mass is 32.1. The zero-order chi connectivity index (χ0) is 21.1. The van der Waals surface area contributed by atoms with Gasteiger partial charge in [0.2, 0.25) is 5.91 Å². The van der Waals surface area contributed by atoms with Crippen LogP contribution in [0.15, 0.2) is 35.7 Å². The zero-order valence-corrected chi connectivity index (χ0v) is 16.9. The first-order valence-corrected chi connectivity index (χ1v) is 9.69. The molecule has 0 saturated carbocycles. The number of nitrogens with zero attached hydrogens (tertiary/aromatic N) is 1. The lowest BCUT2D eigenvalue weighted by molar-refractivity contribution is -0.115. The van der Waals surface area contributed by atoms with Crippen molar-refractivity contribution in [2.24, 2.45) is 0 Å². The van der Waals surface area contributed by atoms with Gasteiger partial charge in [-0.05, 0) is 55.7 Å². The molecule has 0 unspecified atom stereocenters. The van der Waals surface area contributed by atoms with Gasteiger partial charge in [0.25, 0.3) is 5.91 Å². The number of amides is 2. The van der Waals surface area contributed by atoms with Gasteiger partial charge in [-0.1, -0.05) is 6.07 Å². The Hall–Kier alpha value is -3.13. The summed E-state index contributed by atoms with van der Waals surface area (Å²) in [6, 6.07) is 6.76. The average Bonchev–Trinajstić information content (AvgIpc) is 3.11. The summed E-state index contributed by atoms with van der Waals surface area (Å²) in [6.07, 6.45) is 0. The van der Waals surface area contributed by atoms with E-state index in [0.717, 1.165) is 34.5 Å². The molecular weight excluding hydrogens is 396 g/mol. The molecule has 2 N–H and O–H groups in total. The Bertz CT molecular complexity index is 1100. The molecule has 0 aliphatic carbocycles. The molecule has 3 rings (SSSR count). The molecule has 1 heterocycles. The molecule has 0 aliphatic rings. The minimum atomic E-state index is -0.990. The molecule has 0 radical (unpaired) electrons. The van der Waals surface area contributed by atoms with E-state index < -0.39 is 23.4 Å². The van der Waals surface area contributed by atoms with Gasteiger partial charge in [0.15, 0.2) is 5.13 Å². The first-order valence-electron chi connectivity index (χ1n) is 8.81. The summed E-state index contributed by atoms with van der Waals surface area (Å²) in [7, 11) is 0. The summed E-state index contributed by atoms with van der Waals surface area (Å²) in [5.74, 6) is -3.08. The summed E-state index contributed by atoms with van der Waals surface area (Å²) >= 11 is 1.27. The van der Waals surface area contributed by atoms with E-state index in [9.17, 15) is 18.4 Å². The maximum Gasteiger partial charge on any atom is 0.254 e. The predicted octanol–water partition coefficient (Wildman–Crippen LogP) is 4.38. The van der Waals surface area contributed by atoms with E-state index in [1.165, 1.54) is 16.9 Å². The number of aryl methyl sites for hydroxylation is 3. The molecule has 5 nitrogen and oxygen atoms in total.